The summed E-state index contributed by atoms with van der Waals surface area (Å²) in [7, 11) is 0. The Labute approximate surface area is 98.3 Å². The van der Waals surface area contributed by atoms with E-state index in [0.717, 1.165) is 16.8 Å². The van der Waals surface area contributed by atoms with E-state index >= 15 is 0 Å². The van der Waals surface area contributed by atoms with Crippen LogP contribution in [0.5, 0.6) is 0 Å². The molecule has 3 rings (SSSR count). The predicted molar refractivity (Wildman–Crippen MR) is 63.4 cm³/mol. The van der Waals surface area contributed by atoms with Gasteiger partial charge in [0.05, 0.1) is 6.54 Å². The number of fused-ring (bicyclic) bond motifs is 1. The van der Waals surface area contributed by atoms with Gasteiger partial charge < -0.3 is 4.90 Å². The van der Waals surface area contributed by atoms with Crippen molar-refractivity contribution in [3.8, 4) is 0 Å². The largest absolute Gasteiger partial charge is 0.304 e. The highest BCUT2D eigenvalue weighted by Crippen LogP contribution is 2.27. The molecule has 17 heavy (non-hydrogen) atoms. The van der Waals surface area contributed by atoms with Crippen molar-refractivity contribution in [2.45, 2.75) is 6.54 Å². The quantitative estimate of drug-likeness (QED) is 0.733. The molecule has 0 fully saturated rings. The van der Waals surface area contributed by atoms with Crippen molar-refractivity contribution in [1.29, 1.82) is 0 Å². The van der Waals surface area contributed by atoms with Crippen LogP contribution in [0.25, 0.3) is 0 Å². The SMILES string of the molecule is O=C1c2ccccc2CN1c1ccc(F)cc1. The van der Waals surface area contributed by atoms with E-state index in [-0.39, 0.29) is 11.7 Å². The second-order valence-electron chi connectivity index (χ2n) is 4.02. The molecule has 0 atom stereocenters. The zero-order valence-corrected chi connectivity index (χ0v) is 9.06. The summed E-state index contributed by atoms with van der Waals surface area (Å²) in [6.45, 7) is 0.556. The Balaban J connectivity index is 1.99. The van der Waals surface area contributed by atoms with Gasteiger partial charge in [-0.25, -0.2) is 4.39 Å². The summed E-state index contributed by atoms with van der Waals surface area (Å²) in [6.07, 6.45) is 0. The molecule has 2 aromatic carbocycles. The molecule has 84 valence electrons. The molecule has 1 amide bonds. The topological polar surface area (TPSA) is 20.3 Å². The van der Waals surface area contributed by atoms with Crippen molar-refractivity contribution in [1.82, 2.24) is 0 Å². The van der Waals surface area contributed by atoms with Crippen molar-refractivity contribution in [2.75, 3.05) is 4.90 Å². The third-order valence-electron chi connectivity index (χ3n) is 2.96. The van der Waals surface area contributed by atoms with E-state index in [1.165, 1.54) is 12.1 Å². The Morgan fingerprint density at radius 3 is 2.41 bits per heavy atom. The molecule has 0 bridgehead atoms. The lowest BCUT2D eigenvalue weighted by molar-refractivity contribution is 0.0996. The zero-order chi connectivity index (χ0) is 11.8. The summed E-state index contributed by atoms with van der Waals surface area (Å²) < 4.78 is 12.8. The third kappa shape index (κ3) is 1.60. The fraction of sp³-hybridized carbons (Fsp3) is 0.0714. The van der Waals surface area contributed by atoms with Crippen LogP contribution >= 0.6 is 0 Å². The van der Waals surface area contributed by atoms with Gasteiger partial charge >= 0.3 is 0 Å². The van der Waals surface area contributed by atoms with Crippen LogP contribution in [-0.4, -0.2) is 5.91 Å². The Morgan fingerprint density at radius 2 is 1.71 bits per heavy atom. The molecule has 2 aromatic rings. The average Bonchev–Trinajstić information content (AvgIpc) is 2.69. The summed E-state index contributed by atoms with van der Waals surface area (Å²) >= 11 is 0. The van der Waals surface area contributed by atoms with E-state index in [9.17, 15) is 9.18 Å². The van der Waals surface area contributed by atoms with Crippen LogP contribution < -0.4 is 4.90 Å². The lowest BCUT2D eigenvalue weighted by atomic mass is 10.1. The first-order valence-electron chi connectivity index (χ1n) is 5.41. The number of benzene rings is 2. The summed E-state index contributed by atoms with van der Waals surface area (Å²) in [5.74, 6) is -0.315. The van der Waals surface area contributed by atoms with E-state index in [0.29, 0.717) is 6.54 Å². The summed E-state index contributed by atoms with van der Waals surface area (Å²) in [6, 6.07) is 13.5. The minimum absolute atomic E-state index is 0.0211. The van der Waals surface area contributed by atoms with Crippen LogP contribution in [0.1, 0.15) is 15.9 Å². The van der Waals surface area contributed by atoms with Crippen molar-refractivity contribution >= 4 is 11.6 Å². The summed E-state index contributed by atoms with van der Waals surface area (Å²) in [4.78, 5) is 13.8. The molecule has 0 N–H and O–H groups in total. The molecule has 0 aromatic heterocycles. The number of carbonyl (C=O) groups excluding carboxylic acids is 1. The molecule has 0 saturated heterocycles. The van der Waals surface area contributed by atoms with Gasteiger partial charge in [0.2, 0.25) is 0 Å². The maximum atomic E-state index is 12.8. The first-order chi connectivity index (χ1) is 8.25. The monoisotopic (exact) mass is 227 g/mol. The van der Waals surface area contributed by atoms with E-state index in [1.54, 1.807) is 17.0 Å². The average molecular weight is 227 g/mol. The number of carbonyl (C=O) groups is 1. The van der Waals surface area contributed by atoms with E-state index < -0.39 is 0 Å². The van der Waals surface area contributed by atoms with Gasteiger partial charge in [-0.05, 0) is 35.9 Å². The highest BCUT2D eigenvalue weighted by molar-refractivity contribution is 6.09. The van der Waals surface area contributed by atoms with Crippen molar-refractivity contribution in [3.63, 3.8) is 0 Å². The molecule has 1 aliphatic heterocycles. The maximum Gasteiger partial charge on any atom is 0.258 e. The van der Waals surface area contributed by atoms with Crippen LogP contribution in [0.15, 0.2) is 48.5 Å². The lowest BCUT2D eigenvalue weighted by Crippen LogP contribution is -2.22. The van der Waals surface area contributed by atoms with E-state index in [4.69, 9.17) is 0 Å². The van der Waals surface area contributed by atoms with Crippen LogP contribution in [0.2, 0.25) is 0 Å². The van der Waals surface area contributed by atoms with Gasteiger partial charge in [0.1, 0.15) is 5.82 Å². The van der Waals surface area contributed by atoms with Crippen LogP contribution in [0.3, 0.4) is 0 Å². The Kier molecular flexibility index (Phi) is 2.18. The second-order valence-corrected chi connectivity index (χ2v) is 4.02. The van der Waals surface area contributed by atoms with Gasteiger partial charge in [-0.2, -0.15) is 0 Å². The molecule has 0 saturated carbocycles. The minimum Gasteiger partial charge on any atom is -0.304 e. The second kappa shape index (κ2) is 3.70. The number of nitrogens with zero attached hydrogens (tertiary/aromatic N) is 1. The van der Waals surface area contributed by atoms with Gasteiger partial charge in [0.25, 0.3) is 5.91 Å². The van der Waals surface area contributed by atoms with Crippen molar-refractivity contribution in [3.05, 3.63) is 65.5 Å². The molecule has 0 aliphatic carbocycles. The fourth-order valence-electron chi connectivity index (χ4n) is 2.08. The number of amides is 1. The lowest BCUT2D eigenvalue weighted by Gasteiger charge is -2.15. The molecule has 1 heterocycles. The van der Waals surface area contributed by atoms with Crippen LogP contribution in [0, 0.1) is 5.82 Å². The minimum atomic E-state index is -0.294. The van der Waals surface area contributed by atoms with Gasteiger partial charge in [-0.3, -0.25) is 4.79 Å². The van der Waals surface area contributed by atoms with Crippen molar-refractivity contribution < 1.29 is 9.18 Å². The molecule has 0 unspecified atom stereocenters. The highest BCUT2D eigenvalue weighted by atomic mass is 19.1. The Hall–Kier alpha value is -2.16. The number of rotatable bonds is 1. The van der Waals surface area contributed by atoms with Gasteiger partial charge in [0.15, 0.2) is 0 Å². The normalized spacial score (nSPS) is 13.9. The molecule has 1 aliphatic rings. The first-order valence-corrected chi connectivity index (χ1v) is 5.41. The predicted octanol–water partition coefficient (Wildman–Crippen LogP) is 2.99. The van der Waals surface area contributed by atoms with Crippen molar-refractivity contribution in [2.24, 2.45) is 0 Å². The number of hydrogen-bond donors (Lipinski definition) is 0. The molecular weight excluding hydrogens is 217 g/mol. The molecule has 0 radical (unpaired) electrons. The highest BCUT2D eigenvalue weighted by Gasteiger charge is 2.27. The van der Waals surface area contributed by atoms with E-state index in [2.05, 4.69) is 0 Å². The molecule has 3 heteroatoms. The van der Waals surface area contributed by atoms with Gasteiger partial charge in [0, 0.05) is 11.3 Å². The summed E-state index contributed by atoms with van der Waals surface area (Å²) in [5, 5.41) is 0. The standard InChI is InChI=1S/C14H10FNO/c15-11-5-7-12(8-6-11)16-9-10-3-1-2-4-13(10)14(16)17/h1-8H,9H2. The Bertz CT molecular complexity index is 577. The zero-order valence-electron chi connectivity index (χ0n) is 9.06. The smallest absolute Gasteiger partial charge is 0.258 e. The third-order valence-corrected chi connectivity index (χ3v) is 2.96. The fourth-order valence-corrected chi connectivity index (χ4v) is 2.08. The molecular formula is C14H10FNO. The van der Waals surface area contributed by atoms with Gasteiger partial charge in [-0.1, -0.05) is 18.2 Å². The molecule has 0 spiro atoms. The van der Waals surface area contributed by atoms with Gasteiger partial charge in [-0.15, -0.1) is 0 Å². The number of hydrogen-bond acceptors (Lipinski definition) is 1. The first kappa shape index (κ1) is 10.0. The number of halogens is 1. The maximum absolute atomic E-state index is 12.8. The van der Waals surface area contributed by atoms with Crippen LogP contribution in [-0.2, 0) is 6.54 Å². The molecule has 2 nitrogen and oxygen atoms in total. The summed E-state index contributed by atoms with van der Waals surface area (Å²) in [5.41, 5.74) is 2.48. The van der Waals surface area contributed by atoms with Crippen LogP contribution in [0.4, 0.5) is 10.1 Å². The Morgan fingerprint density at radius 1 is 1.00 bits per heavy atom. The van der Waals surface area contributed by atoms with E-state index in [1.807, 2.05) is 24.3 Å². The number of anilines is 1.